The molecule has 5 rings (SSSR count). The summed E-state index contributed by atoms with van der Waals surface area (Å²) in [5.41, 5.74) is 1.09. The Balaban J connectivity index is 1.54. The van der Waals surface area contributed by atoms with E-state index in [0.29, 0.717) is 67.7 Å². The second-order valence-corrected chi connectivity index (χ2v) is 8.51. The van der Waals surface area contributed by atoms with Gasteiger partial charge in [-0.05, 0) is 49.2 Å². The molecule has 0 radical (unpaired) electrons. The van der Waals surface area contributed by atoms with E-state index >= 15 is 0 Å². The van der Waals surface area contributed by atoms with Gasteiger partial charge in [0, 0.05) is 31.0 Å². The smallest absolute Gasteiger partial charge is 0.295 e. The molecule has 1 amide bonds. The highest BCUT2D eigenvalue weighted by molar-refractivity contribution is 6.46. The lowest BCUT2D eigenvalue weighted by Gasteiger charge is -2.26. The van der Waals surface area contributed by atoms with Gasteiger partial charge >= 0.3 is 0 Å². The van der Waals surface area contributed by atoms with Crippen molar-refractivity contribution in [2.75, 3.05) is 26.4 Å². The van der Waals surface area contributed by atoms with Gasteiger partial charge < -0.3 is 28.8 Å². The summed E-state index contributed by atoms with van der Waals surface area (Å²) in [5.74, 6) is 0.0458. The van der Waals surface area contributed by atoms with Gasteiger partial charge in [-0.15, -0.1) is 0 Å². The van der Waals surface area contributed by atoms with Crippen LogP contribution >= 0.6 is 0 Å². The minimum absolute atomic E-state index is 0.0351. The van der Waals surface area contributed by atoms with Gasteiger partial charge in [0.2, 0.25) is 0 Å². The van der Waals surface area contributed by atoms with Gasteiger partial charge in [-0.3, -0.25) is 9.59 Å². The Morgan fingerprint density at radius 3 is 2.72 bits per heavy atom. The second kappa shape index (κ2) is 10.2. The molecule has 2 aromatic carbocycles. The quantitative estimate of drug-likeness (QED) is 0.293. The monoisotopic (exact) mass is 489 g/mol. The third-order valence-electron chi connectivity index (χ3n) is 6.21. The topological polar surface area (TPSA) is 103 Å². The highest BCUT2D eigenvalue weighted by atomic mass is 16.6. The summed E-state index contributed by atoms with van der Waals surface area (Å²) >= 11 is 0. The molecule has 0 unspecified atom stereocenters. The van der Waals surface area contributed by atoms with Crippen molar-refractivity contribution in [2.24, 2.45) is 0 Å². The number of hydrogen-bond donors (Lipinski definition) is 1. The first kappa shape index (κ1) is 23.5. The Labute approximate surface area is 208 Å². The summed E-state index contributed by atoms with van der Waals surface area (Å²) in [6.45, 7) is 4.16. The molecule has 3 aromatic rings. The molecule has 2 aliphatic heterocycles. The number of aliphatic hydroxyl groups excluding tert-OH is 1. The Morgan fingerprint density at radius 1 is 1.11 bits per heavy atom. The minimum Gasteiger partial charge on any atom is -0.507 e. The van der Waals surface area contributed by atoms with Crippen LogP contribution < -0.4 is 14.2 Å². The number of aromatic nitrogens is 2. The molecule has 9 nitrogen and oxygen atoms in total. The maximum absolute atomic E-state index is 13.3. The average molecular weight is 490 g/mol. The number of aliphatic hydroxyl groups is 1. The van der Waals surface area contributed by atoms with Crippen LogP contribution in [-0.2, 0) is 16.1 Å². The lowest BCUT2D eigenvalue weighted by molar-refractivity contribution is -0.139. The molecule has 3 heterocycles. The third kappa shape index (κ3) is 4.51. The lowest BCUT2D eigenvalue weighted by Crippen LogP contribution is -2.31. The number of ketones is 1. The van der Waals surface area contributed by atoms with E-state index in [1.807, 2.05) is 35.9 Å². The molecule has 0 saturated carbocycles. The molecule has 0 bridgehead atoms. The first-order chi connectivity index (χ1) is 17.6. The van der Waals surface area contributed by atoms with E-state index in [0.717, 1.165) is 0 Å². The number of fused-ring (bicyclic) bond motifs is 1. The molecule has 1 aromatic heterocycles. The predicted octanol–water partition coefficient (Wildman–Crippen LogP) is 3.57. The first-order valence-electron chi connectivity index (χ1n) is 11.9. The number of imidazole rings is 1. The number of benzene rings is 2. The van der Waals surface area contributed by atoms with Crippen LogP contribution in [0.25, 0.3) is 5.76 Å². The fourth-order valence-electron chi connectivity index (χ4n) is 4.59. The number of aryl methyl sites for hydroxylation is 1. The number of carbonyl (C=O) groups excluding carboxylic acids is 2. The van der Waals surface area contributed by atoms with Crippen molar-refractivity contribution in [3.05, 3.63) is 77.9 Å². The Hall–Kier alpha value is -4.27. The molecule has 2 aliphatic rings. The normalized spacial score (nSPS) is 18.5. The van der Waals surface area contributed by atoms with Crippen molar-refractivity contribution in [1.82, 2.24) is 14.5 Å². The van der Waals surface area contributed by atoms with Gasteiger partial charge in [0.15, 0.2) is 11.5 Å². The van der Waals surface area contributed by atoms with Crippen molar-refractivity contribution in [3.8, 4) is 17.2 Å². The molecule has 36 heavy (non-hydrogen) atoms. The third-order valence-corrected chi connectivity index (χ3v) is 6.21. The predicted molar refractivity (Wildman–Crippen MR) is 131 cm³/mol. The van der Waals surface area contributed by atoms with Gasteiger partial charge in [0.1, 0.15) is 24.7 Å². The van der Waals surface area contributed by atoms with E-state index in [9.17, 15) is 14.7 Å². The number of carbonyl (C=O) groups is 2. The summed E-state index contributed by atoms with van der Waals surface area (Å²) in [6.07, 6.45) is 5.85. The first-order valence-corrected chi connectivity index (χ1v) is 11.9. The maximum Gasteiger partial charge on any atom is 0.295 e. The molecule has 1 saturated heterocycles. The molecule has 1 N–H and O–H groups in total. The van der Waals surface area contributed by atoms with Crippen LogP contribution in [0.15, 0.2) is 66.8 Å². The van der Waals surface area contributed by atoms with Crippen LogP contribution in [-0.4, -0.2) is 57.6 Å². The van der Waals surface area contributed by atoms with E-state index in [-0.39, 0.29) is 11.3 Å². The van der Waals surface area contributed by atoms with Gasteiger partial charge in [0.25, 0.3) is 11.7 Å². The van der Waals surface area contributed by atoms with Gasteiger partial charge in [-0.25, -0.2) is 4.98 Å². The average Bonchev–Trinajstić information content (AvgIpc) is 3.51. The fourth-order valence-corrected chi connectivity index (χ4v) is 4.59. The van der Waals surface area contributed by atoms with E-state index in [1.165, 1.54) is 4.90 Å². The highest BCUT2D eigenvalue weighted by Crippen LogP contribution is 2.41. The number of nitrogens with zero attached hydrogens (tertiary/aromatic N) is 3. The molecule has 1 fully saturated rings. The Kier molecular flexibility index (Phi) is 6.62. The lowest BCUT2D eigenvalue weighted by atomic mass is 9.95. The second-order valence-electron chi connectivity index (χ2n) is 8.51. The van der Waals surface area contributed by atoms with Crippen molar-refractivity contribution < 1.29 is 28.9 Å². The molecule has 186 valence electrons. The zero-order valence-electron chi connectivity index (χ0n) is 19.9. The van der Waals surface area contributed by atoms with Crippen molar-refractivity contribution in [3.63, 3.8) is 0 Å². The van der Waals surface area contributed by atoms with E-state index in [1.54, 1.807) is 36.8 Å². The van der Waals surface area contributed by atoms with E-state index in [4.69, 9.17) is 14.2 Å². The summed E-state index contributed by atoms with van der Waals surface area (Å²) in [4.78, 5) is 32.1. The van der Waals surface area contributed by atoms with Crippen LogP contribution in [0.2, 0.25) is 0 Å². The SMILES string of the molecule is CCOc1cccc([C@H]2C(=C(O)c3ccc4c(c3)OCCO4)C(=O)C(=O)N2CCCn2ccnc2)c1. The minimum atomic E-state index is -0.763. The number of likely N-dealkylation sites (tertiary alicyclic amines) is 1. The van der Waals surface area contributed by atoms with Crippen LogP contribution in [0.4, 0.5) is 0 Å². The van der Waals surface area contributed by atoms with Crippen molar-refractivity contribution in [1.29, 1.82) is 0 Å². The molecule has 9 heteroatoms. The van der Waals surface area contributed by atoms with Gasteiger partial charge in [-0.1, -0.05) is 12.1 Å². The molecular weight excluding hydrogens is 462 g/mol. The summed E-state index contributed by atoms with van der Waals surface area (Å²) in [7, 11) is 0. The Bertz CT molecular complexity index is 1300. The summed E-state index contributed by atoms with van der Waals surface area (Å²) < 4.78 is 18.8. The van der Waals surface area contributed by atoms with E-state index in [2.05, 4.69) is 4.98 Å². The van der Waals surface area contributed by atoms with Crippen LogP contribution in [0.3, 0.4) is 0 Å². The van der Waals surface area contributed by atoms with Crippen LogP contribution in [0.5, 0.6) is 17.2 Å². The number of rotatable bonds is 8. The van der Waals surface area contributed by atoms with Crippen LogP contribution in [0.1, 0.15) is 30.5 Å². The van der Waals surface area contributed by atoms with Crippen molar-refractivity contribution in [2.45, 2.75) is 25.9 Å². The standard InChI is InChI=1S/C27H27N3O6/c1-2-34-20-6-3-5-18(15-20)24-23(25(31)19-7-8-21-22(16-19)36-14-13-35-21)26(32)27(33)30(24)11-4-10-29-12-9-28-17-29/h3,5-9,12,15-17,24,31H,2,4,10-11,13-14H2,1H3/t24-/m0/s1. The summed E-state index contributed by atoms with van der Waals surface area (Å²) in [6, 6.07) is 11.5. The fraction of sp³-hybridized carbons (Fsp3) is 0.296. The van der Waals surface area contributed by atoms with E-state index < -0.39 is 17.7 Å². The maximum atomic E-state index is 13.3. The molecule has 0 spiro atoms. The summed E-state index contributed by atoms with van der Waals surface area (Å²) in [5, 5.41) is 11.3. The molecule has 1 atom stereocenters. The number of ether oxygens (including phenoxy) is 3. The Morgan fingerprint density at radius 2 is 1.94 bits per heavy atom. The van der Waals surface area contributed by atoms with Crippen molar-refractivity contribution >= 4 is 17.4 Å². The zero-order valence-corrected chi connectivity index (χ0v) is 19.9. The largest absolute Gasteiger partial charge is 0.507 e. The number of amides is 1. The zero-order chi connectivity index (χ0) is 25.1. The highest BCUT2D eigenvalue weighted by Gasteiger charge is 2.46. The van der Waals surface area contributed by atoms with Gasteiger partial charge in [0.05, 0.1) is 24.5 Å². The van der Waals surface area contributed by atoms with Crippen LogP contribution in [0, 0.1) is 0 Å². The molecule has 0 aliphatic carbocycles. The number of hydrogen-bond acceptors (Lipinski definition) is 7. The molecular formula is C27H27N3O6. The van der Waals surface area contributed by atoms with Gasteiger partial charge in [-0.2, -0.15) is 0 Å². The number of Topliss-reactive ketones (excluding diaryl/α,β-unsaturated/α-hetero) is 1.